The van der Waals surface area contributed by atoms with Gasteiger partial charge < -0.3 is 19.0 Å². The summed E-state index contributed by atoms with van der Waals surface area (Å²) in [5, 5.41) is 0. The molecule has 0 aliphatic carbocycles. The fourth-order valence-electron chi connectivity index (χ4n) is 5.62. The third-order valence-corrected chi connectivity index (χ3v) is 10.8. The number of nitrogens with zero attached hydrogens (tertiary/aromatic N) is 2. The van der Waals surface area contributed by atoms with Gasteiger partial charge in [-0.3, -0.25) is 4.72 Å². The molecule has 2 aliphatic rings. The molecule has 1 aromatic heterocycles. The number of benzene rings is 2. The van der Waals surface area contributed by atoms with E-state index in [0.717, 1.165) is 43.2 Å². The molecule has 2 N–H and O–H groups in total. The fourth-order valence-corrected chi connectivity index (χ4v) is 7.95. The minimum atomic E-state index is -4.12. The van der Waals surface area contributed by atoms with Gasteiger partial charge in [0.2, 0.25) is 10.0 Å². The summed E-state index contributed by atoms with van der Waals surface area (Å²) in [5.41, 5.74) is 1.51. The minimum Gasteiger partial charge on any atom is -0.464 e. The normalized spacial score (nSPS) is 16.9. The molecule has 1 amide bonds. The van der Waals surface area contributed by atoms with Gasteiger partial charge in [0.05, 0.1) is 16.1 Å². The second-order valence-electron chi connectivity index (χ2n) is 12.6. The zero-order chi connectivity index (χ0) is 32.2. The minimum absolute atomic E-state index is 0.0308. The SMILES string of the molecule is CC(C)(C)OC(=O)N1CCC(CNS(=O)(=O)c2cccc(S(=O)(=O)Nc3ccc(N4CCCCC4)c(-c4ccco4)c3)c2)CC1. The summed E-state index contributed by atoms with van der Waals surface area (Å²) < 4.78 is 69.6. The van der Waals surface area contributed by atoms with Crippen molar-refractivity contribution in [3.8, 4) is 11.3 Å². The summed E-state index contributed by atoms with van der Waals surface area (Å²) in [6.45, 7) is 8.40. The Morgan fingerprint density at radius 1 is 0.889 bits per heavy atom. The highest BCUT2D eigenvalue weighted by Crippen LogP contribution is 2.36. The molecule has 244 valence electrons. The van der Waals surface area contributed by atoms with Crippen LogP contribution in [-0.2, 0) is 24.8 Å². The second-order valence-corrected chi connectivity index (χ2v) is 16.0. The number of amides is 1. The second kappa shape index (κ2) is 13.4. The molecular weight excluding hydrogens is 617 g/mol. The lowest BCUT2D eigenvalue weighted by Gasteiger charge is -2.33. The zero-order valence-corrected chi connectivity index (χ0v) is 27.6. The number of sulfonamides is 2. The summed E-state index contributed by atoms with van der Waals surface area (Å²) in [5.74, 6) is 0.662. The molecule has 0 atom stereocenters. The van der Waals surface area contributed by atoms with Crippen LogP contribution >= 0.6 is 0 Å². The third kappa shape index (κ3) is 8.39. The molecule has 2 aliphatic heterocycles. The highest BCUT2D eigenvalue weighted by atomic mass is 32.2. The van der Waals surface area contributed by atoms with E-state index in [-0.39, 0.29) is 28.3 Å². The maximum absolute atomic E-state index is 13.4. The molecule has 0 spiro atoms. The summed E-state index contributed by atoms with van der Waals surface area (Å²) in [7, 11) is -8.11. The van der Waals surface area contributed by atoms with Crippen molar-refractivity contribution in [2.75, 3.05) is 42.3 Å². The van der Waals surface area contributed by atoms with E-state index in [1.54, 1.807) is 29.4 Å². The van der Waals surface area contributed by atoms with Crippen molar-refractivity contribution in [1.29, 1.82) is 0 Å². The number of piperidine rings is 2. The molecule has 3 aromatic rings. The van der Waals surface area contributed by atoms with Gasteiger partial charge in [-0.25, -0.2) is 26.4 Å². The number of rotatable bonds is 9. The van der Waals surface area contributed by atoms with Gasteiger partial charge in [0, 0.05) is 49.7 Å². The Labute approximate surface area is 266 Å². The van der Waals surface area contributed by atoms with Gasteiger partial charge in [-0.1, -0.05) is 6.07 Å². The maximum atomic E-state index is 13.4. The number of ether oxygens (including phenoxy) is 1. The molecule has 0 bridgehead atoms. The Morgan fingerprint density at radius 2 is 1.58 bits per heavy atom. The van der Waals surface area contributed by atoms with E-state index in [1.165, 1.54) is 24.6 Å². The van der Waals surface area contributed by atoms with Crippen LogP contribution in [0.4, 0.5) is 16.2 Å². The van der Waals surface area contributed by atoms with Crippen molar-refractivity contribution in [1.82, 2.24) is 9.62 Å². The van der Waals surface area contributed by atoms with E-state index in [9.17, 15) is 21.6 Å². The highest BCUT2D eigenvalue weighted by molar-refractivity contribution is 7.93. The van der Waals surface area contributed by atoms with E-state index < -0.39 is 25.6 Å². The summed E-state index contributed by atoms with van der Waals surface area (Å²) >= 11 is 0. The molecule has 45 heavy (non-hydrogen) atoms. The molecule has 13 heteroatoms. The van der Waals surface area contributed by atoms with Gasteiger partial charge in [-0.15, -0.1) is 0 Å². The Morgan fingerprint density at radius 3 is 2.22 bits per heavy atom. The van der Waals surface area contributed by atoms with E-state index in [4.69, 9.17) is 9.15 Å². The van der Waals surface area contributed by atoms with Crippen LogP contribution in [0.2, 0.25) is 0 Å². The van der Waals surface area contributed by atoms with Crippen LogP contribution in [0, 0.1) is 5.92 Å². The van der Waals surface area contributed by atoms with E-state index in [1.807, 2.05) is 32.9 Å². The maximum Gasteiger partial charge on any atom is 0.410 e. The average Bonchev–Trinajstić information content (AvgIpc) is 3.55. The summed E-state index contributed by atoms with van der Waals surface area (Å²) in [6, 6.07) is 14.3. The Hall–Kier alpha value is -3.55. The van der Waals surface area contributed by atoms with Crippen LogP contribution in [0.25, 0.3) is 11.3 Å². The largest absolute Gasteiger partial charge is 0.464 e. The van der Waals surface area contributed by atoms with Gasteiger partial charge in [0.1, 0.15) is 11.4 Å². The molecule has 2 aromatic carbocycles. The first-order valence-electron chi connectivity index (χ1n) is 15.3. The van der Waals surface area contributed by atoms with E-state index in [2.05, 4.69) is 14.3 Å². The van der Waals surface area contributed by atoms with Crippen LogP contribution in [-0.4, -0.2) is 66.2 Å². The lowest BCUT2D eigenvalue weighted by atomic mass is 9.97. The van der Waals surface area contributed by atoms with Crippen molar-refractivity contribution in [2.45, 2.75) is 68.3 Å². The standard InChI is InChI=1S/C32H42N4O7S2/c1-32(2,3)43-31(37)36-18-14-24(15-19-36)23-33-44(38,39)26-9-7-10-27(22-26)45(40,41)34-25-12-13-29(35-16-5-4-6-17-35)28(21-25)30-11-8-20-42-30/h7-13,20-22,24,33-34H,4-6,14-19,23H2,1-3H3. The van der Waals surface area contributed by atoms with Gasteiger partial charge in [-0.2, -0.15) is 0 Å². The lowest BCUT2D eigenvalue weighted by Crippen LogP contribution is -2.43. The fraction of sp³-hybridized carbons (Fsp3) is 0.469. The number of carbonyl (C=O) groups is 1. The number of furan rings is 1. The van der Waals surface area contributed by atoms with Crippen molar-refractivity contribution in [2.24, 2.45) is 5.92 Å². The molecular formula is C32H42N4O7S2. The highest BCUT2D eigenvalue weighted by Gasteiger charge is 2.28. The van der Waals surface area contributed by atoms with Gasteiger partial charge >= 0.3 is 6.09 Å². The predicted octanol–water partition coefficient (Wildman–Crippen LogP) is 5.66. The van der Waals surface area contributed by atoms with E-state index >= 15 is 0 Å². The first kappa shape index (κ1) is 32.8. The molecule has 5 rings (SSSR count). The van der Waals surface area contributed by atoms with Crippen molar-refractivity contribution in [3.05, 3.63) is 60.9 Å². The van der Waals surface area contributed by atoms with Crippen LogP contribution in [0.5, 0.6) is 0 Å². The zero-order valence-electron chi connectivity index (χ0n) is 26.0. The number of nitrogens with one attached hydrogen (secondary N) is 2. The number of carbonyl (C=O) groups excluding carboxylic acids is 1. The topological polar surface area (TPSA) is 138 Å². The van der Waals surface area contributed by atoms with Crippen molar-refractivity contribution >= 4 is 37.5 Å². The van der Waals surface area contributed by atoms with Gasteiger partial charge in [0.15, 0.2) is 0 Å². The van der Waals surface area contributed by atoms with E-state index in [0.29, 0.717) is 37.4 Å². The van der Waals surface area contributed by atoms with Crippen molar-refractivity contribution in [3.63, 3.8) is 0 Å². The molecule has 3 heterocycles. The van der Waals surface area contributed by atoms with Crippen molar-refractivity contribution < 1.29 is 30.8 Å². The Kier molecular flexibility index (Phi) is 9.80. The predicted molar refractivity (Wildman–Crippen MR) is 173 cm³/mol. The molecule has 0 saturated carbocycles. The number of hydrogen-bond donors (Lipinski definition) is 2. The smallest absolute Gasteiger partial charge is 0.410 e. The molecule has 0 unspecified atom stereocenters. The molecule has 11 nitrogen and oxygen atoms in total. The summed E-state index contributed by atoms with van der Waals surface area (Å²) in [6.07, 6.45) is 5.82. The lowest BCUT2D eigenvalue weighted by molar-refractivity contribution is 0.0185. The van der Waals surface area contributed by atoms with Gasteiger partial charge in [0.25, 0.3) is 10.0 Å². The monoisotopic (exact) mass is 658 g/mol. The average molecular weight is 659 g/mol. The first-order chi connectivity index (χ1) is 21.3. The molecule has 0 radical (unpaired) electrons. The summed E-state index contributed by atoms with van der Waals surface area (Å²) in [4.78, 5) is 15.9. The third-order valence-electron chi connectivity index (χ3n) is 7.99. The Balaban J connectivity index is 1.25. The van der Waals surface area contributed by atoms with Crippen LogP contribution < -0.4 is 14.3 Å². The van der Waals surface area contributed by atoms with Crippen LogP contribution in [0.15, 0.2) is 75.1 Å². The number of hydrogen-bond acceptors (Lipinski definition) is 8. The van der Waals surface area contributed by atoms with Crippen LogP contribution in [0.1, 0.15) is 52.9 Å². The first-order valence-corrected chi connectivity index (χ1v) is 18.3. The number of likely N-dealkylation sites (tertiary alicyclic amines) is 1. The van der Waals surface area contributed by atoms with Crippen LogP contribution in [0.3, 0.4) is 0 Å². The molecule has 2 saturated heterocycles. The Bertz CT molecular complexity index is 1690. The quantitative estimate of drug-likeness (QED) is 0.300. The number of anilines is 2. The molecule has 2 fully saturated rings. The van der Waals surface area contributed by atoms with Gasteiger partial charge in [-0.05, 0) is 107 Å².